The lowest BCUT2D eigenvalue weighted by molar-refractivity contribution is 0.0601. The zero-order chi connectivity index (χ0) is 15.4. The Morgan fingerprint density at radius 1 is 1.38 bits per heavy atom. The Kier molecular flexibility index (Phi) is 4.37. The van der Waals surface area contributed by atoms with Crippen molar-refractivity contribution < 1.29 is 19.0 Å². The Morgan fingerprint density at radius 3 is 2.86 bits per heavy atom. The van der Waals surface area contributed by atoms with Crippen LogP contribution in [0.25, 0.3) is 0 Å². The van der Waals surface area contributed by atoms with Gasteiger partial charge in [-0.3, -0.25) is 4.98 Å². The van der Waals surface area contributed by atoms with Gasteiger partial charge in [0, 0.05) is 11.4 Å². The molecule has 1 aromatic carbocycles. The SMILES string of the molecule is COC(=O)c1cc(F)ccc1NCc1nc(C)ccc1O. The molecule has 110 valence electrons. The Hall–Kier alpha value is -2.63. The normalized spacial score (nSPS) is 10.2. The lowest BCUT2D eigenvalue weighted by Gasteiger charge is -2.11. The van der Waals surface area contributed by atoms with Gasteiger partial charge in [-0.1, -0.05) is 0 Å². The quantitative estimate of drug-likeness (QED) is 0.847. The predicted molar refractivity (Wildman–Crippen MR) is 75.7 cm³/mol. The van der Waals surface area contributed by atoms with Crippen molar-refractivity contribution in [3.63, 3.8) is 0 Å². The number of aromatic nitrogens is 1. The number of esters is 1. The van der Waals surface area contributed by atoms with Crippen molar-refractivity contribution in [3.8, 4) is 5.75 Å². The molecular weight excluding hydrogens is 275 g/mol. The highest BCUT2D eigenvalue weighted by molar-refractivity contribution is 5.95. The largest absolute Gasteiger partial charge is 0.506 e. The van der Waals surface area contributed by atoms with E-state index < -0.39 is 11.8 Å². The summed E-state index contributed by atoms with van der Waals surface area (Å²) in [6.45, 7) is 2.00. The third kappa shape index (κ3) is 3.47. The molecule has 0 atom stereocenters. The van der Waals surface area contributed by atoms with Gasteiger partial charge in [0.05, 0.1) is 19.2 Å². The van der Waals surface area contributed by atoms with Crippen molar-refractivity contribution in [2.24, 2.45) is 0 Å². The number of aromatic hydroxyl groups is 1. The van der Waals surface area contributed by atoms with E-state index in [0.717, 1.165) is 11.8 Å². The van der Waals surface area contributed by atoms with Gasteiger partial charge in [-0.25, -0.2) is 9.18 Å². The van der Waals surface area contributed by atoms with E-state index in [2.05, 4.69) is 15.0 Å². The molecule has 6 heteroatoms. The fourth-order valence-corrected chi connectivity index (χ4v) is 1.86. The number of carbonyl (C=O) groups is 1. The standard InChI is InChI=1S/C15H15FN2O3/c1-9-3-6-14(19)13(18-9)8-17-12-5-4-10(16)7-11(12)15(20)21-2/h3-7,17,19H,8H2,1-2H3. The highest BCUT2D eigenvalue weighted by Crippen LogP contribution is 2.21. The molecule has 0 aliphatic heterocycles. The summed E-state index contributed by atoms with van der Waals surface area (Å²) in [6.07, 6.45) is 0. The lowest BCUT2D eigenvalue weighted by Crippen LogP contribution is -2.09. The van der Waals surface area contributed by atoms with Gasteiger partial charge in [-0.2, -0.15) is 0 Å². The first-order valence-electron chi connectivity index (χ1n) is 6.28. The minimum Gasteiger partial charge on any atom is -0.506 e. The number of anilines is 1. The molecule has 0 bridgehead atoms. The topological polar surface area (TPSA) is 71.5 Å². The van der Waals surface area contributed by atoms with E-state index in [1.807, 2.05) is 0 Å². The zero-order valence-corrected chi connectivity index (χ0v) is 11.7. The Balaban J connectivity index is 2.24. The number of carbonyl (C=O) groups excluding carboxylic acids is 1. The molecule has 0 unspecified atom stereocenters. The van der Waals surface area contributed by atoms with E-state index in [1.165, 1.54) is 19.2 Å². The number of hydrogen-bond donors (Lipinski definition) is 2. The Labute approximate surface area is 121 Å². The van der Waals surface area contributed by atoms with Crippen LogP contribution in [0.3, 0.4) is 0 Å². The molecule has 2 N–H and O–H groups in total. The summed E-state index contributed by atoms with van der Waals surface area (Å²) in [5.41, 5.74) is 1.70. The van der Waals surface area contributed by atoms with Crippen molar-refractivity contribution in [3.05, 3.63) is 53.1 Å². The number of nitrogens with zero attached hydrogens (tertiary/aromatic N) is 1. The minimum atomic E-state index is -0.640. The number of methoxy groups -OCH3 is 1. The summed E-state index contributed by atoms with van der Waals surface area (Å²) in [5, 5.41) is 12.7. The average molecular weight is 290 g/mol. The third-order valence-corrected chi connectivity index (χ3v) is 2.92. The molecule has 2 aromatic rings. The predicted octanol–water partition coefficient (Wildman–Crippen LogP) is 2.63. The number of ether oxygens (including phenoxy) is 1. The van der Waals surface area contributed by atoms with Crippen molar-refractivity contribution in [2.75, 3.05) is 12.4 Å². The van der Waals surface area contributed by atoms with Crippen LogP contribution in [-0.2, 0) is 11.3 Å². The number of rotatable bonds is 4. The van der Waals surface area contributed by atoms with Gasteiger partial charge in [-0.15, -0.1) is 0 Å². The number of halogens is 1. The summed E-state index contributed by atoms with van der Waals surface area (Å²) in [6, 6.07) is 7.01. The third-order valence-electron chi connectivity index (χ3n) is 2.92. The van der Waals surface area contributed by atoms with Gasteiger partial charge in [-0.05, 0) is 37.3 Å². The van der Waals surface area contributed by atoms with Gasteiger partial charge in [0.25, 0.3) is 0 Å². The molecular formula is C15H15FN2O3. The highest BCUT2D eigenvalue weighted by Gasteiger charge is 2.13. The molecule has 2 rings (SSSR count). The van der Waals surface area contributed by atoms with Crippen LogP contribution in [0.15, 0.2) is 30.3 Å². The molecule has 0 aliphatic carbocycles. The monoisotopic (exact) mass is 290 g/mol. The van der Waals surface area contributed by atoms with Crippen molar-refractivity contribution in [1.82, 2.24) is 4.98 Å². The number of nitrogens with one attached hydrogen (secondary N) is 1. The first-order valence-corrected chi connectivity index (χ1v) is 6.28. The summed E-state index contributed by atoms with van der Waals surface area (Å²) < 4.78 is 17.9. The minimum absolute atomic E-state index is 0.0508. The molecule has 0 saturated heterocycles. The van der Waals surface area contributed by atoms with Gasteiger partial charge >= 0.3 is 5.97 Å². The molecule has 0 fully saturated rings. The van der Waals surface area contributed by atoms with Crippen molar-refractivity contribution in [1.29, 1.82) is 0 Å². The maximum atomic E-state index is 13.2. The molecule has 0 amide bonds. The van der Waals surface area contributed by atoms with Gasteiger partial charge in [0.2, 0.25) is 0 Å². The van der Waals surface area contributed by atoms with E-state index in [1.54, 1.807) is 19.1 Å². The summed E-state index contributed by atoms with van der Waals surface area (Å²) in [4.78, 5) is 15.8. The van der Waals surface area contributed by atoms with Crippen LogP contribution in [0.2, 0.25) is 0 Å². The van der Waals surface area contributed by atoms with Gasteiger partial charge in [0.15, 0.2) is 0 Å². The fourth-order valence-electron chi connectivity index (χ4n) is 1.86. The second-order valence-corrected chi connectivity index (χ2v) is 4.45. The molecule has 0 saturated carbocycles. The first-order chi connectivity index (χ1) is 10.0. The van der Waals surface area contributed by atoms with E-state index in [0.29, 0.717) is 11.4 Å². The van der Waals surface area contributed by atoms with Crippen LogP contribution in [0.4, 0.5) is 10.1 Å². The average Bonchev–Trinajstić information content (AvgIpc) is 2.48. The van der Waals surface area contributed by atoms with Crippen molar-refractivity contribution >= 4 is 11.7 Å². The van der Waals surface area contributed by atoms with Crippen LogP contribution in [0, 0.1) is 12.7 Å². The van der Waals surface area contributed by atoms with Crippen LogP contribution in [0.5, 0.6) is 5.75 Å². The zero-order valence-electron chi connectivity index (χ0n) is 11.7. The maximum absolute atomic E-state index is 13.2. The number of benzene rings is 1. The van der Waals surface area contributed by atoms with E-state index in [4.69, 9.17) is 0 Å². The van der Waals surface area contributed by atoms with E-state index in [9.17, 15) is 14.3 Å². The number of pyridine rings is 1. The molecule has 0 aliphatic rings. The molecule has 1 heterocycles. The van der Waals surface area contributed by atoms with Crippen LogP contribution < -0.4 is 5.32 Å². The number of aryl methyl sites for hydroxylation is 1. The fraction of sp³-hybridized carbons (Fsp3) is 0.200. The second kappa shape index (κ2) is 6.21. The smallest absolute Gasteiger partial charge is 0.340 e. The van der Waals surface area contributed by atoms with E-state index in [-0.39, 0.29) is 17.9 Å². The Bertz CT molecular complexity index is 674. The van der Waals surface area contributed by atoms with Crippen LogP contribution in [-0.4, -0.2) is 23.2 Å². The summed E-state index contributed by atoms with van der Waals surface area (Å²) in [7, 11) is 1.23. The van der Waals surface area contributed by atoms with Gasteiger partial charge in [0.1, 0.15) is 17.3 Å². The molecule has 0 radical (unpaired) electrons. The van der Waals surface area contributed by atoms with Crippen LogP contribution in [0.1, 0.15) is 21.7 Å². The second-order valence-electron chi connectivity index (χ2n) is 4.45. The molecule has 5 nitrogen and oxygen atoms in total. The highest BCUT2D eigenvalue weighted by atomic mass is 19.1. The van der Waals surface area contributed by atoms with Gasteiger partial charge < -0.3 is 15.2 Å². The molecule has 1 aromatic heterocycles. The summed E-state index contributed by atoms with van der Waals surface area (Å²) in [5.74, 6) is -1.12. The molecule has 0 spiro atoms. The lowest BCUT2D eigenvalue weighted by atomic mass is 10.1. The maximum Gasteiger partial charge on any atom is 0.340 e. The number of hydrogen-bond acceptors (Lipinski definition) is 5. The van der Waals surface area contributed by atoms with Crippen LogP contribution >= 0.6 is 0 Å². The summed E-state index contributed by atoms with van der Waals surface area (Å²) >= 11 is 0. The molecule has 21 heavy (non-hydrogen) atoms. The Morgan fingerprint density at radius 2 is 2.14 bits per heavy atom. The van der Waals surface area contributed by atoms with Crippen molar-refractivity contribution in [2.45, 2.75) is 13.5 Å². The van der Waals surface area contributed by atoms with E-state index >= 15 is 0 Å². The first kappa shape index (κ1) is 14.8.